The highest BCUT2D eigenvalue weighted by Crippen LogP contribution is 2.41. The monoisotopic (exact) mass is 574 g/mol. The highest BCUT2D eigenvalue weighted by molar-refractivity contribution is 6.08. The molecule has 8 heteroatoms. The predicted molar refractivity (Wildman–Crippen MR) is 166 cm³/mol. The van der Waals surface area contributed by atoms with Crippen molar-refractivity contribution in [2.24, 2.45) is 11.3 Å². The number of hydrogen-bond acceptors (Lipinski definition) is 5. The minimum atomic E-state index is -0.883. The molecule has 2 aromatic rings. The molecule has 0 saturated heterocycles. The third-order valence-electron chi connectivity index (χ3n) is 8.47. The Bertz CT molecular complexity index is 1310. The van der Waals surface area contributed by atoms with E-state index in [-0.39, 0.29) is 43.3 Å². The first kappa shape index (κ1) is 31.4. The molecule has 0 aromatic heterocycles. The van der Waals surface area contributed by atoms with Crippen molar-refractivity contribution in [1.29, 1.82) is 0 Å². The van der Waals surface area contributed by atoms with E-state index < -0.39 is 16.9 Å². The number of nitrogens with zero attached hydrogens (tertiary/aromatic N) is 1. The lowest BCUT2D eigenvalue weighted by Crippen LogP contribution is -2.58. The van der Waals surface area contributed by atoms with Gasteiger partial charge in [0.15, 0.2) is 5.78 Å². The molecule has 1 aliphatic heterocycles. The summed E-state index contributed by atoms with van der Waals surface area (Å²) in [6, 6.07) is 15.6. The van der Waals surface area contributed by atoms with Crippen molar-refractivity contribution in [3.8, 4) is 11.1 Å². The van der Waals surface area contributed by atoms with Gasteiger partial charge in [0.2, 0.25) is 17.7 Å². The third-order valence-corrected chi connectivity index (χ3v) is 8.47. The standard InChI is InChI=1S/C34H46N4O4/c1-23(2)16-17-30(40)37-34(18-10-11-19-34)32(42)36-22-35-20-27-25-13-7-6-12-24(25)26-14-8-9-15-28(26)38(31(27)41)21-29(39)33(3,4)5/h6-9,12-15,23,27,35H,10-11,16-22H2,1-5H3,(H,36,42)(H,37,40). The van der Waals surface area contributed by atoms with E-state index in [2.05, 4.69) is 29.8 Å². The Kier molecular flexibility index (Phi) is 9.87. The molecular formula is C34H46N4O4. The van der Waals surface area contributed by atoms with E-state index in [1.54, 1.807) is 4.90 Å². The van der Waals surface area contributed by atoms with Crippen LogP contribution < -0.4 is 20.9 Å². The largest absolute Gasteiger partial charge is 0.342 e. The summed E-state index contributed by atoms with van der Waals surface area (Å²) < 4.78 is 0. The second-order valence-corrected chi connectivity index (χ2v) is 13.2. The Morgan fingerprint density at radius 1 is 0.976 bits per heavy atom. The van der Waals surface area contributed by atoms with E-state index >= 15 is 0 Å². The molecule has 3 amide bonds. The van der Waals surface area contributed by atoms with Crippen LogP contribution in [-0.4, -0.2) is 48.8 Å². The Morgan fingerprint density at radius 3 is 2.29 bits per heavy atom. The van der Waals surface area contributed by atoms with Gasteiger partial charge in [-0.1, -0.05) is 89.9 Å². The maximum absolute atomic E-state index is 14.2. The summed E-state index contributed by atoms with van der Waals surface area (Å²) in [5, 5.41) is 9.28. The number of nitrogens with one attached hydrogen (secondary N) is 3. The van der Waals surface area contributed by atoms with Crippen LogP contribution in [0, 0.1) is 11.3 Å². The average Bonchev–Trinajstić information content (AvgIpc) is 3.40. The van der Waals surface area contributed by atoms with Gasteiger partial charge in [-0.15, -0.1) is 0 Å². The lowest BCUT2D eigenvalue weighted by Gasteiger charge is -2.30. The van der Waals surface area contributed by atoms with E-state index in [9.17, 15) is 19.2 Å². The van der Waals surface area contributed by atoms with E-state index in [1.165, 1.54) is 0 Å². The molecule has 3 N–H and O–H groups in total. The average molecular weight is 575 g/mol. The Hall–Kier alpha value is -3.52. The van der Waals surface area contributed by atoms with Crippen LogP contribution in [0.15, 0.2) is 48.5 Å². The molecule has 8 nitrogen and oxygen atoms in total. The quantitative estimate of drug-likeness (QED) is 0.261. The second-order valence-electron chi connectivity index (χ2n) is 13.2. The molecule has 1 aliphatic carbocycles. The van der Waals surface area contributed by atoms with Crippen LogP contribution in [0.3, 0.4) is 0 Å². The van der Waals surface area contributed by atoms with E-state index in [0.717, 1.165) is 41.6 Å². The van der Waals surface area contributed by atoms with Crippen LogP contribution in [0.25, 0.3) is 11.1 Å². The fraction of sp³-hybridized carbons (Fsp3) is 0.529. The third kappa shape index (κ3) is 7.09. The van der Waals surface area contributed by atoms with Gasteiger partial charge in [-0.2, -0.15) is 0 Å². The molecule has 2 aromatic carbocycles. The highest BCUT2D eigenvalue weighted by atomic mass is 16.2. The number of hydrogen-bond donors (Lipinski definition) is 3. The van der Waals surface area contributed by atoms with E-state index in [0.29, 0.717) is 25.2 Å². The highest BCUT2D eigenvalue weighted by Gasteiger charge is 2.42. The maximum atomic E-state index is 14.2. The second kappa shape index (κ2) is 13.2. The lowest BCUT2D eigenvalue weighted by atomic mass is 9.90. The van der Waals surface area contributed by atoms with Crippen molar-refractivity contribution < 1.29 is 19.2 Å². The minimum Gasteiger partial charge on any atom is -0.342 e. The molecule has 42 heavy (non-hydrogen) atoms. The van der Waals surface area contributed by atoms with Crippen molar-refractivity contribution in [2.75, 3.05) is 24.7 Å². The lowest BCUT2D eigenvalue weighted by molar-refractivity contribution is -0.133. The van der Waals surface area contributed by atoms with Gasteiger partial charge in [0.25, 0.3) is 0 Å². The minimum absolute atomic E-state index is 0.0143. The Balaban J connectivity index is 1.49. The molecule has 0 spiro atoms. The summed E-state index contributed by atoms with van der Waals surface area (Å²) >= 11 is 0. The van der Waals surface area contributed by atoms with Gasteiger partial charge < -0.3 is 15.5 Å². The SMILES string of the molecule is CC(C)CCC(=O)NC1(C(=O)NCNCC2C(=O)N(CC(=O)C(C)(C)C)c3ccccc3-c3ccccc32)CCCC1. The van der Waals surface area contributed by atoms with Crippen molar-refractivity contribution in [2.45, 2.75) is 84.6 Å². The van der Waals surface area contributed by atoms with Crippen molar-refractivity contribution in [3.05, 3.63) is 54.1 Å². The summed E-state index contributed by atoms with van der Waals surface area (Å²) in [6.45, 7) is 10.2. The fourth-order valence-electron chi connectivity index (χ4n) is 5.83. The number of benzene rings is 2. The number of fused-ring (bicyclic) bond motifs is 3. The zero-order chi connectivity index (χ0) is 30.5. The molecule has 1 unspecified atom stereocenters. The molecule has 1 atom stereocenters. The summed E-state index contributed by atoms with van der Waals surface area (Å²) in [4.78, 5) is 54.9. The molecule has 1 fully saturated rings. The molecule has 226 valence electrons. The molecule has 4 rings (SSSR count). The molecule has 1 heterocycles. The van der Waals surface area contributed by atoms with Gasteiger partial charge in [-0.05, 0) is 42.4 Å². The Labute approximate surface area is 250 Å². The maximum Gasteiger partial charge on any atom is 0.246 e. The number of Topliss-reactive ketones (excluding diaryl/α,β-unsaturated/α-hetero) is 1. The van der Waals surface area contributed by atoms with Crippen molar-refractivity contribution >= 4 is 29.2 Å². The number of anilines is 1. The normalized spacial score (nSPS) is 17.8. The molecule has 0 radical (unpaired) electrons. The molecule has 0 bridgehead atoms. The fourth-order valence-corrected chi connectivity index (χ4v) is 5.83. The summed E-state index contributed by atoms with van der Waals surface area (Å²) in [5.41, 5.74) is 2.00. The summed E-state index contributed by atoms with van der Waals surface area (Å²) in [7, 11) is 0. The van der Waals surface area contributed by atoms with Gasteiger partial charge in [-0.3, -0.25) is 24.5 Å². The van der Waals surface area contributed by atoms with Gasteiger partial charge in [-0.25, -0.2) is 0 Å². The first-order valence-electron chi connectivity index (χ1n) is 15.3. The first-order chi connectivity index (χ1) is 19.9. The van der Waals surface area contributed by atoms with Crippen LogP contribution in [0.1, 0.15) is 84.6 Å². The van der Waals surface area contributed by atoms with Crippen LogP contribution in [0.5, 0.6) is 0 Å². The number of carbonyl (C=O) groups excluding carboxylic acids is 4. The predicted octanol–water partition coefficient (Wildman–Crippen LogP) is 4.93. The number of amides is 3. The summed E-state index contributed by atoms with van der Waals surface area (Å²) in [6.07, 6.45) is 4.21. The van der Waals surface area contributed by atoms with Gasteiger partial charge >= 0.3 is 0 Å². The Morgan fingerprint density at radius 2 is 1.62 bits per heavy atom. The van der Waals surface area contributed by atoms with Gasteiger partial charge in [0.05, 0.1) is 24.8 Å². The number of ketones is 1. The van der Waals surface area contributed by atoms with Crippen LogP contribution in [0.4, 0.5) is 5.69 Å². The first-order valence-corrected chi connectivity index (χ1v) is 15.3. The summed E-state index contributed by atoms with van der Waals surface area (Å²) in [5.74, 6) is -0.599. The zero-order valence-corrected chi connectivity index (χ0v) is 25.7. The van der Waals surface area contributed by atoms with Crippen LogP contribution >= 0.6 is 0 Å². The number of rotatable bonds is 11. The number of carbonyl (C=O) groups is 4. The van der Waals surface area contributed by atoms with Gasteiger partial charge in [0, 0.05) is 23.9 Å². The number of para-hydroxylation sites is 1. The molecular weight excluding hydrogens is 528 g/mol. The van der Waals surface area contributed by atoms with E-state index in [4.69, 9.17) is 0 Å². The van der Waals surface area contributed by atoms with Crippen LogP contribution in [-0.2, 0) is 19.2 Å². The van der Waals surface area contributed by atoms with Crippen molar-refractivity contribution in [3.63, 3.8) is 0 Å². The zero-order valence-electron chi connectivity index (χ0n) is 25.7. The van der Waals surface area contributed by atoms with Gasteiger partial charge in [0.1, 0.15) is 5.54 Å². The van der Waals surface area contributed by atoms with Crippen molar-refractivity contribution in [1.82, 2.24) is 16.0 Å². The smallest absolute Gasteiger partial charge is 0.246 e. The molecule has 1 saturated carbocycles. The van der Waals surface area contributed by atoms with E-state index in [1.807, 2.05) is 69.3 Å². The topological polar surface area (TPSA) is 108 Å². The van der Waals surface area contributed by atoms with Crippen LogP contribution in [0.2, 0.25) is 0 Å². The molecule has 2 aliphatic rings.